The van der Waals surface area contributed by atoms with Gasteiger partial charge in [-0.1, -0.05) is 6.07 Å². The molecule has 3 rings (SSSR count). The predicted octanol–water partition coefficient (Wildman–Crippen LogP) is 3.44. The highest BCUT2D eigenvalue weighted by Gasteiger charge is 2.31. The monoisotopic (exact) mass is 351 g/mol. The van der Waals surface area contributed by atoms with E-state index in [2.05, 4.69) is 11.4 Å². The zero-order chi connectivity index (χ0) is 18.7. The van der Waals surface area contributed by atoms with E-state index in [-0.39, 0.29) is 11.6 Å². The Balaban J connectivity index is 2.23. The van der Waals surface area contributed by atoms with E-state index in [1.165, 1.54) is 0 Å². The molecule has 6 heteroatoms. The van der Waals surface area contributed by atoms with Crippen LogP contribution in [0.25, 0.3) is 0 Å². The number of hydrogen-bond donors (Lipinski definition) is 3. The zero-order valence-corrected chi connectivity index (χ0v) is 14.7. The Morgan fingerprint density at radius 1 is 1.12 bits per heavy atom. The SMILES string of the molecule is CCOc1ccc(OCC)c([C@@H]2C(C#N)=C(N)Nc3cc(O)ccc32)c1. The van der Waals surface area contributed by atoms with Gasteiger partial charge in [-0.2, -0.15) is 5.26 Å². The molecule has 0 unspecified atom stereocenters. The maximum Gasteiger partial charge on any atom is 0.123 e. The number of nitriles is 1. The Hall–Kier alpha value is -3.33. The van der Waals surface area contributed by atoms with Crippen LogP contribution in [0.3, 0.4) is 0 Å². The van der Waals surface area contributed by atoms with Crippen LogP contribution >= 0.6 is 0 Å². The average Bonchev–Trinajstić information content (AvgIpc) is 2.62. The summed E-state index contributed by atoms with van der Waals surface area (Å²) in [7, 11) is 0. The number of phenolic OH excluding ortho intramolecular Hbond substituents is 1. The standard InChI is InChI=1S/C20H21N3O3/c1-3-25-13-6-8-18(26-4-2)15(10-13)19-14-7-5-12(24)9-17(14)23-20(22)16(19)11-21/h5-10,19,23-24H,3-4,22H2,1-2H3/t19-/m1/s1. The summed E-state index contributed by atoms with van der Waals surface area (Å²) < 4.78 is 11.4. The summed E-state index contributed by atoms with van der Waals surface area (Å²) in [6, 6.07) is 12.8. The Bertz CT molecular complexity index is 900. The molecular weight excluding hydrogens is 330 g/mol. The molecule has 0 saturated heterocycles. The summed E-state index contributed by atoms with van der Waals surface area (Å²) in [5.74, 6) is 1.33. The number of allylic oxidation sites excluding steroid dienone is 1. The lowest BCUT2D eigenvalue weighted by atomic mass is 9.81. The number of nitrogens with two attached hydrogens (primary N) is 1. The van der Waals surface area contributed by atoms with Crippen LogP contribution in [-0.2, 0) is 0 Å². The molecular formula is C20H21N3O3. The molecule has 4 N–H and O–H groups in total. The maximum absolute atomic E-state index is 9.80. The number of anilines is 1. The second-order valence-electron chi connectivity index (χ2n) is 5.83. The largest absolute Gasteiger partial charge is 0.508 e. The minimum atomic E-state index is -0.418. The summed E-state index contributed by atoms with van der Waals surface area (Å²) in [6.07, 6.45) is 0. The molecule has 26 heavy (non-hydrogen) atoms. The van der Waals surface area contributed by atoms with Gasteiger partial charge in [0.15, 0.2) is 0 Å². The maximum atomic E-state index is 9.80. The number of rotatable bonds is 5. The van der Waals surface area contributed by atoms with E-state index in [0.29, 0.717) is 36.0 Å². The quantitative estimate of drug-likeness (QED) is 0.763. The van der Waals surface area contributed by atoms with Crippen LogP contribution in [0, 0.1) is 11.3 Å². The summed E-state index contributed by atoms with van der Waals surface area (Å²) in [5, 5.41) is 22.5. The molecule has 6 nitrogen and oxygen atoms in total. The fourth-order valence-corrected chi connectivity index (χ4v) is 3.17. The van der Waals surface area contributed by atoms with Crippen LogP contribution < -0.4 is 20.5 Å². The first-order valence-corrected chi connectivity index (χ1v) is 8.48. The van der Waals surface area contributed by atoms with Gasteiger partial charge in [-0.05, 0) is 43.7 Å². The third-order valence-electron chi connectivity index (χ3n) is 4.22. The molecule has 1 heterocycles. The van der Waals surface area contributed by atoms with Crippen molar-refractivity contribution >= 4 is 5.69 Å². The Morgan fingerprint density at radius 2 is 1.88 bits per heavy atom. The number of benzene rings is 2. The second-order valence-corrected chi connectivity index (χ2v) is 5.83. The van der Waals surface area contributed by atoms with E-state index in [0.717, 1.165) is 11.1 Å². The normalized spacial score (nSPS) is 15.7. The molecule has 1 aliphatic heterocycles. The van der Waals surface area contributed by atoms with Crippen LogP contribution in [0.1, 0.15) is 30.9 Å². The Labute approximate surface area is 152 Å². The predicted molar refractivity (Wildman–Crippen MR) is 99.2 cm³/mol. The van der Waals surface area contributed by atoms with Crippen molar-refractivity contribution in [1.82, 2.24) is 0 Å². The zero-order valence-electron chi connectivity index (χ0n) is 14.7. The Kier molecular flexibility index (Phi) is 4.90. The molecule has 1 atom stereocenters. The van der Waals surface area contributed by atoms with Crippen molar-refractivity contribution < 1.29 is 14.6 Å². The van der Waals surface area contributed by atoms with Gasteiger partial charge < -0.3 is 25.6 Å². The number of ether oxygens (including phenoxy) is 2. The molecule has 0 saturated carbocycles. The average molecular weight is 351 g/mol. The van der Waals surface area contributed by atoms with E-state index in [9.17, 15) is 10.4 Å². The van der Waals surface area contributed by atoms with Crippen LogP contribution in [-0.4, -0.2) is 18.3 Å². The molecule has 134 valence electrons. The van der Waals surface area contributed by atoms with Crippen LogP contribution in [0.4, 0.5) is 5.69 Å². The molecule has 2 aromatic rings. The lowest BCUT2D eigenvalue weighted by Gasteiger charge is -2.29. The van der Waals surface area contributed by atoms with Gasteiger partial charge in [0.05, 0.1) is 30.8 Å². The van der Waals surface area contributed by atoms with Crippen LogP contribution in [0.2, 0.25) is 0 Å². The highest BCUT2D eigenvalue weighted by molar-refractivity contribution is 5.70. The molecule has 1 aliphatic rings. The van der Waals surface area contributed by atoms with Crippen molar-refractivity contribution in [1.29, 1.82) is 5.26 Å². The number of aromatic hydroxyl groups is 1. The lowest BCUT2D eigenvalue weighted by Crippen LogP contribution is -2.23. The van der Waals surface area contributed by atoms with Crippen molar-refractivity contribution in [3.8, 4) is 23.3 Å². The van der Waals surface area contributed by atoms with E-state index in [1.807, 2.05) is 32.0 Å². The van der Waals surface area contributed by atoms with E-state index in [1.54, 1.807) is 18.2 Å². The van der Waals surface area contributed by atoms with E-state index < -0.39 is 5.92 Å². The highest BCUT2D eigenvalue weighted by atomic mass is 16.5. The van der Waals surface area contributed by atoms with Crippen LogP contribution in [0.5, 0.6) is 17.2 Å². The topological polar surface area (TPSA) is 101 Å². The van der Waals surface area contributed by atoms with Crippen LogP contribution in [0.15, 0.2) is 47.8 Å². The first kappa shape index (κ1) is 17.5. The first-order chi connectivity index (χ1) is 12.6. The fourth-order valence-electron chi connectivity index (χ4n) is 3.17. The van der Waals surface area contributed by atoms with Gasteiger partial charge in [-0.3, -0.25) is 0 Å². The van der Waals surface area contributed by atoms with Gasteiger partial charge in [0, 0.05) is 17.3 Å². The van der Waals surface area contributed by atoms with Crippen molar-refractivity contribution in [2.45, 2.75) is 19.8 Å². The summed E-state index contributed by atoms with van der Waals surface area (Å²) >= 11 is 0. The second kappa shape index (κ2) is 7.28. The van der Waals surface area contributed by atoms with Gasteiger partial charge in [-0.25, -0.2) is 0 Å². The number of nitrogens with zero attached hydrogens (tertiary/aromatic N) is 1. The summed E-state index contributed by atoms with van der Waals surface area (Å²) in [4.78, 5) is 0. The van der Waals surface area contributed by atoms with Gasteiger partial charge in [0.2, 0.25) is 0 Å². The van der Waals surface area contributed by atoms with Gasteiger partial charge >= 0.3 is 0 Å². The van der Waals surface area contributed by atoms with E-state index >= 15 is 0 Å². The molecule has 0 amide bonds. The molecule has 0 radical (unpaired) electrons. The number of fused-ring (bicyclic) bond motifs is 1. The third-order valence-corrected chi connectivity index (χ3v) is 4.22. The van der Waals surface area contributed by atoms with Crippen molar-refractivity contribution in [2.24, 2.45) is 5.73 Å². The fraction of sp³-hybridized carbons (Fsp3) is 0.250. The van der Waals surface area contributed by atoms with Crippen molar-refractivity contribution in [3.05, 3.63) is 58.9 Å². The Morgan fingerprint density at radius 3 is 2.58 bits per heavy atom. The molecule has 2 aromatic carbocycles. The van der Waals surface area contributed by atoms with Gasteiger partial charge in [0.1, 0.15) is 23.1 Å². The first-order valence-electron chi connectivity index (χ1n) is 8.48. The van der Waals surface area contributed by atoms with Crippen molar-refractivity contribution in [2.75, 3.05) is 18.5 Å². The number of phenols is 1. The third kappa shape index (κ3) is 3.11. The minimum absolute atomic E-state index is 0.122. The molecule has 0 fully saturated rings. The number of hydrogen-bond acceptors (Lipinski definition) is 6. The summed E-state index contributed by atoms with van der Waals surface area (Å²) in [5.41, 5.74) is 8.79. The molecule has 0 bridgehead atoms. The number of nitrogens with one attached hydrogen (secondary N) is 1. The summed E-state index contributed by atoms with van der Waals surface area (Å²) in [6.45, 7) is 4.85. The minimum Gasteiger partial charge on any atom is -0.508 e. The van der Waals surface area contributed by atoms with Crippen molar-refractivity contribution in [3.63, 3.8) is 0 Å². The smallest absolute Gasteiger partial charge is 0.123 e. The molecule has 0 aliphatic carbocycles. The van der Waals surface area contributed by atoms with E-state index in [4.69, 9.17) is 15.2 Å². The molecule has 0 spiro atoms. The highest BCUT2D eigenvalue weighted by Crippen LogP contribution is 2.45. The molecule has 0 aromatic heterocycles. The van der Waals surface area contributed by atoms with Gasteiger partial charge in [0.25, 0.3) is 0 Å². The lowest BCUT2D eigenvalue weighted by molar-refractivity contribution is 0.327. The van der Waals surface area contributed by atoms with Gasteiger partial charge in [-0.15, -0.1) is 0 Å².